The molecule has 0 fully saturated rings. The van der Waals surface area contributed by atoms with Gasteiger partial charge in [-0.2, -0.15) is 5.10 Å². The maximum Gasteiger partial charge on any atom is 0.349 e. The van der Waals surface area contributed by atoms with Gasteiger partial charge in [0.2, 0.25) is 0 Å². The standard InChI is InChI=1S/C19H15I2N3O5/c1-10(18(26)28-2)29-16-13(20)7-11(8-14(16)21)9-22-24-17(25)12-5-3-4-6-15(12)23-19(24)27/h3-10H,1-2H3,(H,23,27)/t10-/m1/s1. The molecule has 0 amide bonds. The minimum Gasteiger partial charge on any atom is -0.477 e. The Balaban J connectivity index is 1.94. The zero-order valence-corrected chi connectivity index (χ0v) is 19.6. The summed E-state index contributed by atoms with van der Waals surface area (Å²) in [5, 5.41) is 4.42. The Labute approximate surface area is 192 Å². The minimum absolute atomic E-state index is 0.369. The van der Waals surface area contributed by atoms with Crippen molar-refractivity contribution < 1.29 is 14.3 Å². The van der Waals surface area contributed by atoms with Crippen molar-refractivity contribution in [2.24, 2.45) is 5.10 Å². The SMILES string of the molecule is COC(=O)[C@@H](C)Oc1c(I)cc(C=Nn2c(=O)[nH]c3ccccc3c2=O)cc1I. The topological polar surface area (TPSA) is 103 Å². The number of carbonyl (C=O) groups excluding carboxylic acids is 1. The van der Waals surface area contributed by atoms with Crippen molar-refractivity contribution in [1.29, 1.82) is 0 Å². The quantitative estimate of drug-likeness (QED) is 0.269. The number of esters is 1. The fraction of sp³-hybridized carbons (Fsp3) is 0.158. The highest BCUT2D eigenvalue weighted by Gasteiger charge is 2.18. The lowest BCUT2D eigenvalue weighted by Crippen LogP contribution is -2.32. The van der Waals surface area contributed by atoms with E-state index in [1.807, 2.05) is 0 Å². The van der Waals surface area contributed by atoms with E-state index in [0.717, 1.165) is 11.8 Å². The van der Waals surface area contributed by atoms with Crippen molar-refractivity contribution in [1.82, 2.24) is 9.66 Å². The van der Waals surface area contributed by atoms with Crippen LogP contribution in [-0.4, -0.2) is 35.1 Å². The molecule has 3 rings (SSSR count). The summed E-state index contributed by atoms with van der Waals surface area (Å²) in [7, 11) is 1.30. The van der Waals surface area contributed by atoms with Crippen LogP contribution in [-0.2, 0) is 9.53 Å². The number of halogens is 2. The van der Waals surface area contributed by atoms with Crippen LogP contribution in [0.2, 0.25) is 0 Å². The summed E-state index contributed by atoms with van der Waals surface area (Å²) >= 11 is 4.16. The molecule has 8 nitrogen and oxygen atoms in total. The highest BCUT2D eigenvalue weighted by molar-refractivity contribution is 14.1. The van der Waals surface area contributed by atoms with Gasteiger partial charge in [0, 0.05) is 0 Å². The van der Waals surface area contributed by atoms with Gasteiger partial charge in [-0.15, -0.1) is 4.68 Å². The molecule has 3 aromatic rings. The monoisotopic (exact) mass is 619 g/mol. The van der Waals surface area contributed by atoms with Gasteiger partial charge in [0.25, 0.3) is 5.56 Å². The van der Waals surface area contributed by atoms with Crippen molar-refractivity contribution in [3.63, 3.8) is 0 Å². The Bertz CT molecular complexity index is 1210. The number of hydrogen-bond acceptors (Lipinski definition) is 6. The lowest BCUT2D eigenvalue weighted by Gasteiger charge is -2.15. The number of para-hydroxylation sites is 1. The summed E-state index contributed by atoms with van der Waals surface area (Å²) in [4.78, 5) is 39.0. The van der Waals surface area contributed by atoms with E-state index in [0.29, 0.717) is 22.2 Å². The highest BCUT2D eigenvalue weighted by Crippen LogP contribution is 2.29. The van der Waals surface area contributed by atoms with Crippen LogP contribution in [0.15, 0.2) is 51.1 Å². The molecule has 29 heavy (non-hydrogen) atoms. The first-order valence-corrected chi connectivity index (χ1v) is 10.5. The zero-order chi connectivity index (χ0) is 21.1. The first-order valence-electron chi connectivity index (χ1n) is 8.33. The average molecular weight is 619 g/mol. The van der Waals surface area contributed by atoms with Crippen LogP contribution in [0.1, 0.15) is 12.5 Å². The van der Waals surface area contributed by atoms with Crippen molar-refractivity contribution >= 4 is 68.3 Å². The number of benzene rings is 2. The Morgan fingerprint density at radius 3 is 2.52 bits per heavy atom. The number of aromatic amines is 1. The number of fused-ring (bicyclic) bond motifs is 1. The van der Waals surface area contributed by atoms with Gasteiger partial charge in [0.05, 0.1) is 31.4 Å². The van der Waals surface area contributed by atoms with E-state index < -0.39 is 23.3 Å². The van der Waals surface area contributed by atoms with Crippen LogP contribution < -0.4 is 16.0 Å². The van der Waals surface area contributed by atoms with Gasteiger partial charge in [-0.05, 0) is 81.9 Å². The van der Waals surface area contributed by atoms with E-state index in [-0.39, 0.29) is 0 Å². The van der Waals surface area contributed by atoms with Gasteiger partial charge in [0.1, 0.15) is 5.75 Å². The molecule has 0 aliphatic carbocycles. The lowest BCUT2D eigenvalue weighted by atomic mass is 10.2. The first kappa shape index (κ1) is 21.5. The predicted molar refractivity (Wildman–Crippen MR) is 126 cm³/mol. The normalized spacial score (nSPS) is 12.3. The number of aromatic nitrogens is 2. The minimum atomic E-state index is -0.753. The summed E-state index contributed by atoms with van der Waals surface area (Å²) in [5.41, 5.74) is -0.00588. The van der Waals surface area contributed by atoms with Crippen molar-refractivity contribution in [3.8, 4) is 5.75 Å². The number of hydrogen-bond donors (Lipinski definition) is 1. The maximum absolute atomic E-state index is 12.5. The second-order valence-electron chi connectivity index (χ2n) is 5.93. The second kappa shape index (κ2) is 9.07. The predicted octanol–water partition coefficient (Wildman–Crippen LogP) is 2.72. The summed E-state index contributed by atoms with van der Waals surface area (Å²) in [5.74, 6) is 0.0686. The molecule has 2 aromatic carbocycles. The van der Waals surface area contributed by atoms with Crippen molar-refractivity contribution in [2.75, 3.05) is 7.11 Å². The Hall–Kier alpha value is -2.22. The molecule has 0 bridgehead atoms. The van der Waals surface area contributed by atoms with Crippen LogP contribution in [0.3, 0.4) is 0 Å². The average Bonchev–Trinajstić information content (AvgIpc) is 2.69. The smallest absolute Gasteiger partial charge is 0.349 e. The van der Waals surface area contributed by atoms with Crippen LogP contribution in [0.4, 0.5) is 0 Å². The van der Waals surface area contributed by atoms with Crippen LogP contribution in [0.5, 0.6) is 5.75 Å². The summed E-state index contributed by atoms with van der Waals surface area (Å²) in [6.07, 6.45) is 0.666. The number of rotatable bonds is 5. The third kappa shape index (κ3) is 4.69. The van der Waals surface area contributed by atoms with Gasteiger partial charge >= 0.3 is 11.7 Å². The third-order valence-corrected chi connectivity index (χ3v) is 5.56. The lowest BCUT2D eigenvalue weighted by molar-refractivity contribution is -0.147. The van der Waals surface area contributed by atoms with E-state index in [1.54, 1.807) is 43.3 Å². The van der Waals surface area contributed by atoms with Crippen molar-refractivity contribution in [2.45, 2.75) is 13.0 Å². The van der Waals surface area contributed by atoms with E-state index in [2.05, 4.69) is 60.0 Å². The first-order chi connectivity index (χ1) is 13.8. The molecule has 0 radical (unpaired) electrons. The molecule has 0 saturated heterocycles. The summed E-state index contributed by atoms with van der Waals surface area (Å²) < 4.78 is 12.6. The fourth-order valence-electron chi connectivity index (χ4n) is 2.54. The van der Waals surface area contributed by atoms with Gasteiger partial charge in [-0.1, -0.05) is 12.1 Å². The molecular weight excluding hydrogens is 604 g/mol. The van der Waals surface area contributed by atoms with E-state index in [1.165, 1.54) is 13.3 Å². The number of H-pyrrole nitrogens is 1. The molecular formula is C19H15I2N3O5. The van der Waals surface area contributed by atoms with Crippen LogP contribution in [0, 0.1) is 7.14 Å². The molecule has 0 unspecified atom stereocenters. The van der Waals surface area contributed by atoms with Gasteiger partial charge < -0.3 is 14.5 Å². The number of methoxy groups -OCH3 is 1. The number of carbonyl (C=O) groups is 1. The molecule has 1 aromatic heterocycles. The van der Waals surface area contributed by atoms with E-state index >= 15 is 0 Å². The molecule has 0 saturated carbocycles. The summed E-state index contributed by atoms with van der Waals surface area (Å²) in [6.45, 7) is 1.60. The van der Waals surface area contributed by atoms with E-state index in [4.69, 9.17) is 4.74 Å². The largest absolute Gasteiger partial charge is 0.477 e. The number of nitrogens with zero attached hydrogens (tertiary/aromatic N) is 2. The molecule has 10 heteroatoms. The third-order valence-electron chi connectivity index (χ3n) is 3.95. The fourth-order valence-corrected chi connectivity index (χ4v) is 4.61. The molecule has 0 spiro atoms. The highest BCUT2D eigenvalue weighted by atomic mass is 127. The Morgan fingerprint density at radius 1 is 1.21 bits per heavy atom. The number of ether oxygens (including phenoxy) is 2. The molecule has 1 N–H and O–H groups in total. The molecule has 0 aliphatic rings. The van der Waals surface area contributed by atoms with Crippen LogP contribution in [0.25, 0.3) is 10.9 Å². The number of nitrogens with one attached hydrogen (secondary N) is 1. The second-order valence-corrected chi connectivity index (χ2v) is 8.26. The molecule has 1 heterocycles. The van der Waals surface area contributed by atoms with Crippen molar-refractivity contribution in [3.05, 3.63) is 69.9 Å². The molecule has 1 atom stereocenters. The van der Waals surface area contributed by atoms with Crippen LogP contribution >= 0.6 is 45.2 Å². The summed E-state index contributed by atoms with van der Waals surface area (Å²) in [6, 6.07) is 10.3. The van der Waals surface area contributed by atoms with Gasteiger partial charge in [0.15, 0.2) is 6.10 Å². The van der Waals surface area contributed by atoms with Gasteiger partial charge in [-0.3, -0.25) is 4.79 Å². The Morgan fingerprint density at radius 2 is 1.86 bits per heavy atom. The maximum atomic E-state index is 12.5. The van der Waals surface area contributed by atoms with Gasteiger partial charge in [-0.25, -0.2) is 9.59 Å². The Kier molecular flexibility index (Phi) is 6.72. The molecule has 0 aliphatic heterocycles. The molecule has 150 valence electrons. The zero-order valence-electron chi connectivity index (χ0n) is 15.3. The van der Waals surface area contributed by atoms with E-state index in [9.17, 15) is 14.4 Å².